The molecule has 0 unspecified atom stereocenters. The second-order valence-electron chi connectivity index (χ2n) is 4.25. The summed E-state index contributed by atoms with van der Waals surface area (Å²) in [6.45, 7) is 3.84. The number of hydrogen-bond donors (Lipinski definition) is 3. The fourth-order valence-electron chi connectivity index (χ4n) is 1.67. The van der Waals surface area contributed by atoms with Crippen molar-refractivity contribution in [2.45, 2.75) is 51.2 Å². The molecule has 3 N–H and O–H groups in total. The van der Waals surface area contributed by atoms with E-state index in [1.165, 1.54) is 0 Å². The van der Waals surface area contributed by atoms with E-state index in [1.54, 1.807) is 6.92 Å². The van der Waals surface area contributed by atoms with Crippen LogP contribution >= 0.6 is 0 Å². The summed E-state index contributed by atoms with van der Waals surface area (Å²) in [5.41, 5.74) is 0.903. The van der Waals surface area contributed by atoms with E-state index in [0.29, 0.717) is 17.8 Å². The standard InChI is InChI=1S/C11H21N3O3S/c1-3-4-5-6-7-12-18(16,17)11-10(8-15)9(2)13-14-11/h12,15H,3-8H2,1-2H3,(H,13,14). The number of nitrogens with one attached hydrogen (secondary N) is 2. The normalized spacial score (nSPS) is 11.9. The number of aryl methyl sites for hydroxylation is 1. The van der Waals surface area contributed by atoms with Gasteiger partial charge in [0.15, 0.2) is 5.03 Å². The Morgan fingerprint density at radius 1 is 1.33 bits per heavy atom. The van der Waals surface area contributed by atoms with Gasteiger partial charge in [-0.3, -0.25) is 5.10 Å². The highest BCUT2D eigenvalue weighted by Gasteiger charge is 2.22. The van der Waals surface area contributed by atoms with Crippen LogP contribution in [0.1, 0.15) is 43.9 Å². The molecule has 0 aliphatic rings. The van der Waals surface area contributed by atoms with E-state index in [0.717, 1.165) is 25.7 Å². The Morgan fingerprint density at radius 2 is 2.06 bits per heavy atom. The lowest BCUT2D eigenvalue weighted by atomic mass is 10.2. The molecule has 1 aromatic heterocycles. The van der Waals surface area contributed by atoms with Crippen LogP contribution in [0.5, 0.6) is 0 Å². The summed E-state index contributed by atoms with van der Waals surface area (Å²) >= 11 is 0. The number of unbranched alkanes of at least 4 members (excludes halogenated alkanes) is 3. The van der Waals surface area contributed by atoms with E-state index >= 15 is 0 Å². The van der Waals surface area contributed by atoms with Gasteiger partial charge >= 0.3 is 0 Å². The van der Waals surface area contributed by atoms with Crippen molar-refractivity contribution in [3.8, 4) is 0 Å². The van der Waals surface area contributed by atoms with Gasteiger partial charge in [0, 0.05) is 17.8 Å². The molecule has 6 nitrogen and oxygen atoms in total. The fourth-order valence-corrected chi connectivity index (χ4v) is 2.92. The summed E-state index contributed by atoms with van der Waals surface area (Å²) in [6, 6.07) is 0. The molecule has 0 atom stereocenters. The Labute approximate surface area is 108 Å². The molecule has 0 fully saturated rings. The van der Waals surface area contributed by atoms with E-state index in [-0.39, 0.29) is 11.6 Å². The van der Waals surface area contributed by atoms with E-state index in [4.69, 9.17) is 5.11 Å². The first-order valence-electron chi connectivity index (χ1n) is 6.17. The topological polar surface area (TPSA) is 95.1 Å². The molecule has 104 valence electrons. The van der Waals surface area contributed by atoms with Gasteiger partial charge in [-0.1, -0.05) is 26.2 Å². The monoisotopic (exact) mass is 275 g/mol. The van der Waals surface area contributed by atoms with Crippen molar-refractivity contribution in [2.24, 2.45) is 0 Å². The molecule has 0 aliphatic heterocycles. The number of H-pyrrole nitrogens is 1. The van der Waals surface area contributed by atoms with Crippen LogP contribution in [0.25, 0.3) is 0 Å². The Balaban J connectivity index is 2.63. The number of aliphatic hydroxyl groups is 1. The molecule has 1 heterocycles. The Morgan fingerprint density at radius 3 is 2.67 bits per heavy atom. The summed E-state index contributed by atoms with van der Waals surface area (Å²) in [7, 11) is -3.62. The molecule has 0 saturated heterocycles. The van der Waals surface area contributed by atoms with Crippen molar-refractivity contribution in [2.75, 3.05) is 6.54 Å². The number of aromatic amines is 1. The molecule has 1 rings (SSSR count). The second kappa shape index (κ2) is 6.86. The lowest BCUT2D eigenvalue weighted by molar-refractivity contribution is 0.277. The van der Waals surface area contributed by atoms with Crippen molar-refractivity contribution in [3.05, 3.63) is 11.3 Å². The van der Waals surface area contributed by atoms with Crippen LogP contribution in [0, 0.1) is 6.92 Å². The van der Waals surface area contributed by atoms with Crippen molar-refractivity contribution in [1.29, 1.82) is 0 Å². The molecule has 0 spiro atoms. The highest BCUT2D eigenvalue weighted by atomic mass is 32.2. The van der Waals surface area contributed by atoms with Gasteiger partial charge in [-0.05, 0) is 13.3 Å². The van der Waals surface area contributed by atoms with Crippen molar-refractivity contribution in [1.82, 2.24) is 14.9 Å². The third kappa shape index (κ3) is 3.79. The van der Waals surface area contributed by atoms with Crippen LogP contribution in [0.3, 0.4) is 0 Å². The van der Waals surface area contributed by atoms with Gasteiger partial charge in [0.25, 0.3) is 10.0 Å². The lowest BCUT2D eigenvalue weighted by Gasteiger charge is -2.05. The number of sulfonamides is 1. The van der Waals surface area contributed by atoms with Gasteiger partial charge in [-0.15, -0.1) is 0 Å². The average molecular weight is 275 g/mol. The van der Waals surface area contributed by atoms with Crippen LogP contribution < -0.4 is 4.72 Å². The maximum atomic E-state index is 12.0. The first-order chi connectivity index (χ1) is 8.53. The van der Waals surface area contributed by atoms with Gasteiger partial charge in [-0.2, -0.15) is 5.10 Å². The van der Waals surface area contributed by atoms with Crippen LogP contribution in [0.15, 0.2) is 5.03 Å². The third-order valence-electron chi connectivity index (χ3n) is 2.77. The smallest absolute Gasteiger partial charge is 0.260 e. The Kier molecular flexibility index (Phi) is 5.77. The Bertz CT molecular complexity index is 468. The summed E-state index contributed by atoms with van der Waals surface area (Å²) in [5, 5.41) is 15.4. The molecule has 0 aromatic carbocycles. The fraction of sp³-hybridized carbons (Fsp3) is 0.727. The quantitative estimate of drug-likeness (QED) is 0.618. The average Bonchev–Trinajstić information content (AvgIpc) is 2.70. The minimum Gasteiger partial charge on any atom is -0.392 e. The van der Waals surface area contributed by atoms with Gasteiger partial charge in [0.2, 0.25) is 0 Å². The summed E-state index contributed by atoms with van der Waals surface area (Å²) < 4.78 is 26.4. The highest BCUT2D eigenvalue weighted by molar-refractivity contribution is 7.89. The predicted molar refractivity (Wildman–Crippen MR) is 68.6 cm³/mol. The van der Waals surface area contributed by atoms with Crippen LogP contribution in [-0.4, -0.2) is 30.3 Å². The van der Waals surface area contributed by atoms with Gasteiger partial charge in [-0.25, -0.2) is 13.1 Å². The molecule has 0 radical (unpaired) electrons. The molecule has 0 aliphatic carbocycles. The lowest BCUT2D eigenvalue weighted by Crippen LogP contribution is -2.26. The second-order valence-corrected chi connectivity index (χ2v) is 5.93. The van der Waals surface area contributed by atoms with E-state index in [1.807, 2.05) is 0 Å². The van der Waals surface area contributed by atoms with Crippen molar-refractivity contribution in [3.63, 3.8) is 0 Å². The van der Waals surface area contributed by atoms with E-state index in [9.17, 15) is 8.42 Å². The number of nitrogens with zero attached hydrogens (tertiary/aromatic N) is 1. The minimum atomic E-state index is -3.62. The van der Waals surface area contributed by atoms with Crippen LogP contribution in [0.2, 0.25) is 0 Å². The molecular formula is C11H21N3O3S. The van der Waals surface area contributed by atoms with Gasteiger partial charge in [0.05, 0.1) is 6.61 Å². The molecule has 18 heavy (non-hydrogen) atoms. The zero-order valence-electron chi connectivity index (χ0n) is 10.9. The SMILES string of the molecule is CCCCCCNS(=O)(=O)c1n[nH]c(C)c1CO. The molecule has 1 aromatic rings. The number of aliphatic hydroxyl groups excluding tert-OH is 1. The summed E-state index contributed by atoms with van der Waals surface area (Å²) in [5.74, 6) is 0. The zero-order valence-corrected chi connectivity index (χ0v) is 11.7. The number of aromatic nitrogens is 2. The molecule has 0 saturated carbocycles. The maximum Gasteiger partial charge on any atom is 0.260 e. The number of hydrogen-bond acceptors (Lipinski definition) is 4. The predicted octanol–water partition coefficient (Wildman–Crippen LogP) is 1.07. The minimum absolute atomic E-state index is 0.0991. The van der Waals surface area contributed by atoms with Gasteiger partial charge < -0.3 is 5.11 Å². The molecule has 0 bridgehead atoms. The third-order valence-corrected chi connectivity index (χ3v) is 4.20. The largest absolute Gasteiger partial charge is 0.392 e. The molecule has 0 amide bonds. The molecular weight excluding hydrogens is 254 g/mol. The first kappa shape index (κ1) is 15.1. The van der Waals surface area contributed by atoms with Crippen LogP contribution in [-0.2, 0) is 16.6 Å². The summed E-state index contributed by atoms with van der Waals surface area (Å²) in [6.07, 6.45) is 4.03. The molecule has 7 heteroatoms. The van der Waals surface area contributed by atoms with Gasteiger partial charge in [0.1, 0.15) is 0 Å². The zero-order chi connectivity index (χ0) is 13.6. The van der Waals surface area contributed by atoms with Crippen molar-refractivity contribution >= 4 is 10.0 Å². The highest BCUT2D eigenvalue weighted by Crippen LogP contribution is 2.15. The number of rotatable bonds is 8. The van der Waals surface area contributed by atoms with Crippen LogP contribution in [0.4, 0.5) is 0 Å². The van der Waals surface area contributed by atoms with E-state index in [2.05, 4.69) is 21.8 Å². The first-order valence-corrected chi connectivity index (χ1v) is 7.65. The van der Waals surface area contributed by atoms with Crippen molar-refractivity contribution < 1.29 is 13.5 Å². The summed E-state index contributed by atoms with van der Waals surface area (Å²) in [4.78, 5) is 0. The Hall–Kier alpha value is -0.920. The maximum absolute atomic E-state index is 12.0. The van der Waals surface area contributed by atoms with E-state index < -0.39 is 10.0 Å².